The maximum Gasteiger partial charge on any atom is 0.334 e. The maximum absolute atomic E-state index is 12.1. The molecule has 0 bridgehead atoms. The van der Waals surface area contributed by atoms with E-state index in [4.69, 9.17) is 25.8 Å². The normalized spacial score (nSPS) is 19.7. The van der Waals surface area contributed by atoms with Crippen molar-refractivity contribution < 1.29 is 34.0 Å². The van der Waals surface area contributed by atoms with Crippen molar-refractivity contribution in [3.05, 3.63) is 46.1 Å². The molecule has 1 heterocycles. The van der Waals surface area contributed by atoms with Crippen LogP contribution in [0.2, 0.25) is 5.02 Å². The number of carbonyl (C=O) groups is 2. The lowest BCUT2D eigenvalue weighted by molar-refractivity contribution is -0.140. The second-order valence-corrected chi connectivity index (χ2v) is 6.56. The summed E-state index contributed by atoms with van der Waals surface area (Å²) in [4.78, 5) is 28.2. The first-order valence-corrected chi connectivity index (χ1v) is 8.81. The second kappa shape index (κ2) is 9.79. The molecule has 0 aromatic heterocycles. The third-order valence-corrected chi connectivity index (χ3v) is 4.82. The van der Waals surface area contributed by atoms with E-state index < -0.39 is 30.1 Å². The molecule has 0 spiro atoms. The van der Waals surface area contributed by atoms with Gasteiger partial charge in [-0.15, -0.1) is 0 Å². The van der Waals surface area contributed by atoms with Gasteiger partial charge in [-0.2, -0.15) is 0 Å². The van der Waals surface area contributed by atoms with E-state index in [2.05, 4.69) is 4.99 Å². The highest BCUT2D eigenvalue weighted by molar-refractivity contribution is 6.31. The number of hydrogen-bond donors (Lipinski definition) is 2. The van der Waals surface area contributed by atoms with E-state index in [1.54, 1.807) is 31.2 Å². The molecule has 2 unspecified atom stereocenters. The van der Waals surface area contributed by atoms with Gasteiger partial charge in [0.05, 0.1) is 24.5 Å². The highest BCUT2D eigenvalue weighted by atomic mass is 35.5. The lowest BCUT2D eigenvalue weighted by atomic mass is 9.75. The lowest BCUT2D eigenvalue weighted by Crippen LogP contribution is -2.36. The summed E-state index contributed by atoms with van der Waals surface area (Å²) in [6.07, 6.45) is -0.617. The van der Waals surface area contributed by atoms with E-state index in [9.17, 15) is 19.8 Å². The molecule has 1 aromatic carbocycles. The van der Waals surface area contributed by atoms with Crippen molar-refractivity contribution >= 4 is 29.3 Å². The Labute approximate surface area is 167 Å². The topological polar surface area (TPSA) is 115 Å². The van der Waals surface area contributed by atoms with Crippen LogP contribution < -0.4 is 0 Å². The summed E-state index contributed by atoms with van der Waals surface area (Å²) in [5.74, 6) is -4.61. The van der Waals surface area contributed by atoms with Crippen molar-refractivity contribution in [1.82, 2.24) is 0 Å². The second-order valence-electron chi connectivity index (χ2n) is 6.15. The molecule has 1 aliphatic rings. The minimum atomic E-state index is -1.28. The molecule has 0 fully saturated rings. The van der Waals surface area contributed by atoms with Crippen molar-refractivity contribution in [2.45, 2.75) is 19.1 Å². The number of carboxylic acid groups (broad SMARTS) is 2. The molecule has 1 aliphatic heterocycles. The average molecular weight is 412 g/mol. The van der Waals surface area contributed by atoms with Crippen LogP contribution in [0.1, 0.15) is 18.4 Å². The zero-order chi connectivity index (χ0) is 20.8. The molecule has 1 aromatic rings. The highest BCUT2D eigenvalue weighted by Gasteiger charge is 2.42. The van der Waals surface area contributed by atoms with Crippen LogP contribution in [0, 0.1) is 5.92 Å². The monoisotopic (exact) mass is 411 g/mol. The van der Waals surface area contributed by atoms with Crippen LogP contribution in [0.5, 0.6) is 0 Å². The largest absolute Gasteiger partial charge is 0.481 e. The van der Waals surface area contributed by atoms with E-state index in [1.807, 2.05) is 0 Å². The van der Waals surface area contributed by atoms with Gasteiger partial charge in [0, 0.05) is 30.9 Å². The van der Waals surface area contributed by atoms with Gasteiger partial charge in [0.1, 0.15) is 5.92 Å². The Morgan fingerprint density at radius 2 is 1.86 bits per heavy atom. The fourth-order valence-corrected chi connectivity index (χ4v) is 3.42. The number of rotatable bonds is 9. The number of aliphatic imine (C=N–C) groups is 1. The van der Waals surface area contributed by atoms with E-state index in [-0.39, 0.29) is 35.2 Å². The third kappa shape index (κ3) is 4.77. The number of halogens is 1. The average Bonchev–Trinajstić information content (AvgIpc) is 2.64. The summed E-state index contributed by atoms with van der Waals surface area (Å²) in [5.41, 5.74) is 0.666. The Morgan fingerprint density at radius 1 is 1.21 bits per heavy atom. The molecule has 9 heteroatoms. The van der Waals surface area contributed by atoms with Gasteiger partial charge < -0.3 is 24.4 Å². The van der Waals surface area contributed by atoms with Crippen LogP contribution in [-0.4, -0.2) is 61.6 Å². The zero-order valence-corrected chi connectivity index (χ0v) is 16.5. The number of benzene rings is 1. The van der Waals surface area contributed by atoms with Crippen LogP contribution >= 0.6 is 11.6 Å². The van der Waals surface area contributed by atoms with Crippen molar-refractivity contribution in [3.63, 3.8) is 0 Å². The molecular formula is C19H22ClNO7. The lowest BCUT2D eigenvalue weighted by Gasteiger charge is -2.31. The van der Waals surface area contributed by atoms with Gasteiger partial charge in [-0.05, 0) is 18.6 Å². The predicted octanol–water partition coefficient (Wildman–Crippen LogP) is 2.57. The predicted molar refractivity (Wildman–Crippen MR) is 102 cm³/mol. The fourth-order valence-electron chi connectivity index (χ4n) is 3.16. The van der Waals surface area contributed by atoms with Crippen molar-refractivity contribution in [3.8, 4) is 0 Å². The van der Waals surface area contributed by atoms with Gasteiger partial charge in [0.2, 0.25) is 0 Å². The Kier molecular flexibility index (Phi) is 7.70. The minimum absolute atomic E-state index is 0.0527. The van der Waals surface area contributed by atoms with E-state index >= 15 is 0 Å². The number of hydrogen-bond acceptors (Lipinski definition) is 6. The van der Waals surface area contributed by atoms with Crippen LogP contribution in [-0.2, 0) is 23.8 Å². The number of carboxylic acids is 2. The van der Waals surface area contributed by atoms with Crippen molar-refractivity contribution in [2.24, 2.45) is 10.9 Å². The van der Waals surface area contributed by atoms with Crippen molar-refractivity contribution in [2.75, 3.05) is 27.4 Å². The maximum atomic E-state index is 12.1. The van der Waals surface area contributed by atoms with Crippen LogP contribution in [0.15, 0.2) is 40.5 Å². The summed E-state index contributed by atoms with van der Waals surface area (Å²) in [6, 6.07) is 6.58. The van der Waals surface area contributed by atoms with E-state index in [0.29, 0.717) is 5.56 Å². The zero-order valence-electron chi connectivity index (χ0n) is 15.7. The molecule has 0 saturated heterocycles. The first-order chi connectivity index (χ1) is 13.3. The Morgan fingerprint density at radius 3 is 2.39 bits per heavy atom. The first kappa shape index (κ1) is 22.0. The fraction of sp³-hybridized carbons (Fsp3) is 0.421. The molecule has 2 atom stereocenters. The number of ether oxygens (including phenoxy) is 3. The quantitative estimate of drug-likeness (QED) is 0.600. The summed E-state index contributed by atoms with van der Waals surface area (Å²) in [6.45, 7) is 1.46. The van der Waals surface area contributed by atoms with Gasteiger partial charge in [0.25, 0.3) is 0 Å². The highest BCUT2D eigenvalue weighted by Crippen LogP contribution is 2.41. The summed E-state index contributed by atoms with van der Waals surface area (Å²) in [7, 11) is 2.90. The molecule has 0 amide bonds. The molecule has 2 rings (SSSR count). The molecule has 8 nitrogen and oxygen atoms in total. The molecule has 152 valence electrons. The number of methoxy groups -OCH3 is 2. The Bertz CT molecular complexity index is 801. The molecule has 28 heavy (non-hydrogen) atoms. The Hall–Kier alpha value is -2.26. The molecule has 2 N–H and O–H groups in total. The number of nitrogens with zero attached hydrogens (tertiary/aromatic N) is 1. The SMILES string of the molecule is COC(COCC1=C(C(=O)O)C(c2ccccc2Cl)C(C(=O)O)C(C)=N1)OC. The standard InChI is InChI=1S/C19H22ClNO7/c1-10-15(18(22)23)16(11-6-4-5-7-12(11)20)17(19(24)25)13(21-10)8-28-9-14(26-2)27-3/h4-7,14-16H,8-9H2,1-3H3,(H,22,23)(H,24,25). The van der Waals surface area contributed by atoms with Crippen LogP contribution in [0.3, 0.4) is 0 Å². The van der Waals surface area contributed by atoms with Crippen LogP contribution in [0.4, 0.5) is 0 Å². The molecule has 0 aliphatic carbocycles. The summed E-state index contributed by atoms with van der Waals surface area (Å²) < 4.78 is 15.6. The molecule has 0 saturated carbocycles. The third-order valence-electron chi connectivity index (χ3n) is 4.47. The van der Waals surface area contributed by atoms with Gasteiger partial charge >= 0.3 is 11.9 Å². The van der Waals surface area contributed by atoms with Gasteiger partial charge in [-0.25, -0.2) is 4.79 Å². The minimum Gasteiger partial charge on any atom is -0.481 e. The smallest absolute Gasteiger partial charge is 0.334 e. The number of aliphatic carboxylic acids is 2. The first-order valence-electron chi connectivity index (χ1n) is 8.43. The van der Waals surface area contributed by atoms with E-state index in [1.165, 1.54) is 14.2 Å². The van der Waals surface area contributed by atoms with Crippen LogP contribution in [0.25, 0.3) is 0 Å². The Balaban J connectivity index is 2.49. The molecular weight excluding hydrogens is 390 g/mol. The van der Waals surface area contributed by atoms with Gasteiger partial charge in [0.15, 0.2) is 6.29 Å². The van der Waals surface area contributed by atoms with Gasteiger partial charge in [-0.3, -0.25) is 9.79 Å². The van der Waals surface area contributed by atoms with Gasteiger partial charge in [-0.1, -0.05) is 29.8 Å². The molecule has 0 radical (unpaired) electrons. The summed E-state index contributed by atoms with van der Waals surface area (Å²) >= 11 is 6.26. The summed E-state index contributed by atoms with van der Waals surface area (Å²) in [5, 5.41) is 19.9. The van der Waals surface area contributed by atoms with Crippen molar-refractivity contribution in [1.29, 1.82) is 0 Å². The van der Waals surface area contributed by atoms with E-state index in [0.717, 1.165) is 0 Å².